The molecule has 0 amide bonds. The van der Waals surface area contributed by atoms with E-state index in [4.69, 9.17) is 4.74 Å². The highest BCUT2D eigenvalue weighted by Gasteiger charge is 2.36. The Morgan fingerprint density at radius 2 is 1.67 bits per heavy atom. The summed E-state index contributed by atoms with van der Waals surface area (Å²) >= 11 is 0. The number of rotatable bonds is 13. The van der Waals surface area contributed by atoms with Gasteiger partial charge in [0.1, 0.15) is 12.9 Å². The molecule has 0 unspecified atom stereocenters. The van der Waals surface area contributed by atoms with Gasteiger partial charge in [-0.1, -0.05) is 44.2 Å². The van der Waals surface area contributed by atoms with Crippen molar-refractivity contribution in [1.29, 1.82) is 0 Å². The molecule has 0 spiro atoms. The summed E-state index contributed by atoms with van der Waals surface area (Å²) in [6.07, 6.45) is 3.82. The summed E-state index contributed by atoms with van der Waals surface area (Å²) in [7, 11) is 2.36. The van der Waals surface area contributed by atoms with Gasteiger partial charge in [-0.15, -0.1) is 0 Å². The second-order valence-corrected chi connectivity index (χ2v) is 13.7. The summed E-state index contributed by atoms with van der Waals surface area (Å²) in [6, 6.07) is 14.8. The van der Waals surface area contributed by atoms with Crippen molar-refractivity contribution in [3.8, 4) is 17.1 Å². The van der Waals surface area contributed by atoms with Gasteiger partial charge in [-0.3, -0.25) is 9.69 Å². The van der Waals surface area contributed by atoms with E-state index >= 15 is 0 Å². The lowest BCUT2D eigenvalue weighted by Crippen LogP contribution is -2.55. The molecule has 1 aromatic heterocycles. The molecule has 4 rings (SSSR count). The molecular formula is C32H43N5O4S. The molecule has 1 heterocycles. The number of nitrogens with zero attached hydrogens (tertiary/aromatic N) is 4. The van der Waals surface area contributed by atoms with E-state index in [9.17, 15) is 13.2 Å². The van der Waals surface area contributed by atoms with E-state index < -0.39 is 10.0 Å². The van der Waals surface area contributed by atoms with Crippen LogP contribution in [-0.2, 0) is 10.0 Å². The lowest BCUT2D eigenvalue weighted by Gasteiger charge is -2.47. The quantitative estimate of drug-likeness (QED) is 0.270. The molecule has 0 radical (unpaired) electrons. The van der Waals surface area contributed by atoms with Gasteiger partial charge >= 0.3 is 0 Å². The Morgan fingerprint density at radius 3 is 2.29 bits per heavy atom. The molecule has 1 fully saturated rings. The second kappa shape index (κ2) is 13.3. The van der Waals surface area contributed by atoms with Gasteiger partial charge < -0.3 is 9.64 Å². The van der Waals surface area contributed by atoms with Crippen LogP contribution < -0.4 is 9.46 Å². The lowest BCUT2D eigenvalue weighted by atomic mass is 9.83. The number of anilines is 1. The number of nitrogens with one attached hydrogen (secondary N) is 1. The molecule has 0 aliphatic heterocycles. The Labute approximate surface area is 250 Å². The van der Waals surface area contributed by atoms with Gasteiger partial charge in [0.25, 0.3) is 10.0 Å². The predicted molar refractivity (Wildman–Crippen MR) is 167 cm³/mol. The van der Waals surface area contributed by atoms with Gasteiger partial charge in [-0.2, -0.15) is 4.98 Å². The topological polar surface area (TPSA) is 105 Å². The maximum absolute atomic E-state index is 13.3. The zero-order chi connectivity index (χ0) is 30.6. The standard InChI is InChI=1S/C32H43N5O4S/c1-21(2)14-27(37(7)26-16-25(17-26)36(5)6)20-41-30-18-29(31-22(3)10-8-11-23(31)4)33-32(34-30)35-42(39,40)28-13-9-12-24(15-28)19-38/h8-13,15,18-19,21,25-27H,14,16-17,20H2,1-7H3,(H,33,34,35)/t25?,26?,27-/m1/s1. The van der Waals surface area contributed by atoms with Crippen molar-refractivity contribution in [2.75, 3.05) is 32.5 Å². The molecule has 1 atom stereocenters. The van der Waals surface area contributed by atoms with Gasteiger partial charge in [0.2, 0.25) is 11.8 Å². The number of likely N-dealkylation sites (N-methyl/N-ethyl adjacent to an activating group) is 1. The fraction of sp³-hybridized carbons (Fsp3) is 0.469. The highest BCUT2D eigenvalue weighted by molar-refractivity contribution is 7.92. The fourth-order valence-corrected chi connectivity index (χ4v) is 6.51. The van der Waals surface area contributed by atoms with Crippen molar-refractivity contribution in [2.45, 2.75) is 70.0 Å². The van der Waals surface area contributed by atoms with Crippen molar-refractivity contribution in [3.63, 3.8) is 0 Å². The Bertz CT molecular complexity index is 1480. The first-order valence-corrected chi connectivity index (χ1v) is 15.9. The van der Waals surface area contributed by atoms with Crippen molar-refractivity contribution in [3.05, 3.63) is 65.2 Å². The van der Waals surface area contributed by atoms with Crippen LogP contribution in [0.4, 0.5) is 5.95 Å². The van der Waals surface area contributed by atoms with Gasteiger partial charge in [-0.05, 0) is 83.4 Å². The summed E-state index contributed by atoms with van der Waals surface area (Å²) in [6.45, 7) is 8.81. The average molecular weight is 594 g/mol. The number of hydrogen-bond donors (Lipinski definition) is 1. The summed E-state index contributed by atoms with van der Waals surface area (Å²) < 4.78 is 35.4. The first-order chi connectivity index (χ1) is 19.9. The number of carbonyl (C=O) groups excluding carboxylic acids is 1. The SMILES string of the molecule is Cc1cccc(C)c1-c1cc(OC[C@@H](CC(C)C)N(C)C2CC(N(C)C)C2)nc(NS(=O)(=O)c2cccc(C=O)c2)n1. The Morgan fingerprint density at radius 1 is 1.00 bits per heavy atom. The van der Waals surface area contributed by atoms with Gasteiger partial charge in [0.15, 0.2) is 0 Å². The molecular weight excluding hydrogens is 550 g/mol. The van der Waals surface area contributed by atoms with Gasteiger partial charge in [-0.25, -0.2) is 18.1 Å². The Kier molecular flexibility index (Phi) is 10.0. The summed E-state index contributed by atoms with van der Waals surface area (Å²) in [5.74, 6) is 0.679. The van der Waals surface area contributed by atoms with E-state index in [1.165, 1.54) is 18.2 Å². The van der Waals surface area contributed by atoms with Crippen LogP contribution in [0.25, 0.3) is 11.3 Å². The first-order valence-electron chi connectivity index (χ1n) is 14.4. The minimum Gasteiger partial charge on any atom is -0.476 e. The van der Waals surface area contributed by atoms with Crippen LogP contribution in [0.15, 0.2) is 53.4 Å². The van der Waals surface area contributed by atoms with Crippen molar-refractivity contribution in [1.82, 2.24) is 19.8 Å². The van der Waals surface area contributed by atoms with E-state index in [2.05, 4.69) is 59.5 Å². The van der Waals surface area contributed by atoms with E-state index in [0.717, 1.165) is 36.0 Å². The van der Waals surface area contributed by atoms with Crippen LogP contribution in [0.5, 0.6) is 5.88 Å². The van der Waals surface area contributed by atoms with Crippen LogP contribution in [-0.4, -0.2) is 80.3 Å². The Hall–Kier alpha value is -3.34. The maximum Gasteiger partial charge on any atom is 0.264 e. The normalized spacial score (nSPS) is 17.8. The monoisotopic (exact) mass is 593 g/mol. The summed E-state index contributed by atoms with van der Waals surface area (Å²) in [4.78, 5) is 25.0. The van der Waals surface area contributed by atoms with Gasteiger partial charge in [0.05, 0.1) is 10.6 Å². The zero-order valence-corrected chi connectivity index (χ0v) is 26.5. The zero-order valence-electron chi connectivity index (χ0n) is 25.7. The van der Waals surface area contributed by atoms with E-state index in [-0.39, 0.29) is 22.4 Å². The van der Waals surface area contributed by atoms with E-state index in [1.54, 1.807) is 12.1 Å². The predicted octanol–water partition coefficient (Wildman–Crippen LogP) is 5.19. The highest BCUT2D eigenvalue weighted by Crippen LogP contribution is 2.32. The van der Waals surface area contributed by atoms with Crippen LogP contribution >= 0.6 is 0 Å². The van der Waals surface area contributed by atoms with E-state index in [0.29, 0.717) is 42.5 Å². The van der Waals surface area contributed by atoms with Crippen molar-refractivity contribution < 1.29 is 17.9 Å². The minimum absolute atomic E-state index is 0.0502. The molecule has 226 valence electrons. The number of hydrogen-bond acceptors (Lipinski definition) is 8. The molecule has 2 aromatic carbocycles. The third-order valence-corrected chi connectivity index (χ3v) is 9.43. The highest BCUT2D eigenvalue weighted by atomic mass is 32.2. The number of carbonyl (C=O) groups is 1. The van der Waals surface area contributed by atoms with Crippen LogP contribution in [0, 0.1) is 19.8 Å². The number of aromatic nitrogens is 2. The molecule has 9 nitrogen and oxygen atoms in total. The number of sulfonamides is 1. The third-order valence-electron chi connectivity index (χ3n) is 8.11. The Balaban J connectivity index is 1.64. The smallest absolute Gasteiger partial charge is 0.264 e. The minimum atomic E-state index is -4.06. The lowest BCUT2D eigenvalue weighted by molar-refractivity contribution is 0.0213. The van der Waals surface area contributed by atoms with Crippen LogP contribution in [0.2, 0.25) is 0 Å². The molecule has 1 N–H and O–H groups in total. The molecule has 10 heteroatoms. The van der Waals surface area contributed by atoms with Crippen LogP contribution in [0.1, 0.15) is 54.6 Å². The number of aldehydes is 1. The average Bonchev–Trinajstić information content (AvgIpc) is 2.89. The first kappa shape index (κ1) is 31.6. The molecule has 1 aliphatic rings. The molecule has 0 bridgehead atoms. The molecule has 1 aliphatic carbocycles. The summed E-state index contributed by atoms with van der Waals surface area (Å²) in [5.41, 5.74) is 3.73. The van der Waals surface area contributed by atoms with E-state index in [1.807, 2.05) is 32.0 Å². The molecule has 0 saturated heterocycles. The van der Waals surface area contributed by atoms with Gasteiger partial charge in [0, 0.05) is 35.3 Å². The number of benzene rings is 2. The number of ether oxygens (including phenoxy) is 1. The second-order valence-electron chi connectivity index (χ2n) is 12.0. The fourth-order valence-electron chi connectivity index (χ4n) is 5.51. The molecule has 1 saturated carbocycles. The molecule has 42 heavy (non-hydrogen) atoms. The number of aryl methyl sites for hydroxylation is 2. The molecule has 3 aromatic rings. The van der Waals surface area contributed by atoms with Crippen molar-refractivity contribution in [2.24, 2.45) is 5.92 Å². The van der Waals surface area contributed by atoms with Crippen LogP contribution in [0.3, 0.4) is 0 Å². The summed E-state index contributed by atoms with van der Waals surface area (Å²) in [5, 5.41) is 0. The van der Waals surface area contributed by atoms with Crippen molar-refractivity contribution >= 4 is 22.3 Å². The third kappa shape index (κ3) is 7.53. The maximum atomic E-state index is 13.3. The largest absolute Gasteiger partial charge is 0.476 e.